The Kier molecular flexibility index (Phi) is 4.46. The number of aryl methyl sites for hydroxylation is 1. The largest absolute Gasteiger partial charge is 0.323 e. The van der Waals surface area contributed by atoms with Gasteiger partial charge < -0.3 is 5.32 Å². The Morgan fingerprint density at radius 3 is 2.89 bits per heavy atom. The zero-order valence-corrected chi connectivity index (χ0v) is 11.1. The molecule has 0 aliphatic rings. The SMILES string of the molecule is Cc1cc(SCC(=O)Nc2ccccc2F)ncn1. The van der Waals surface area contributed by atoms with E-state index in [1.165, 1.54) is 30.2 Å². The fourth-order valence-electron chi connectivity index (χ4n) is 1.40. The van der Waals surface area contributed by atoms with Gasteiger partial charge in [0.1, 0.15) is 17.2 Å². The lowest BCUT2D eigenvalue weighted by Gasteiger charge is -2.05. The van der Waals surface area contributed by atoms with Crippen molar-refractivity contribution in [1.82, 2.24) is 9.97 Å². The lowest BCUT2D eigenvalue weighted by atomic mass is 10.3. The van der Waals surface area contributed by atoms with Gasteiger partial charge in [0.25, 0.3) is 0 Å². The molecule has 2 rings (SSSR count). The molecule has 0 aliphatic carbocycles. The van der Waals surface area contributed by atoms with Crippen LogP contribution >= 0.6 is 11.8 Å². The molecule has 2 aromatic rings. The van der Waals surface area contributed by atoms with Crippen molar-refractivity contribution in [1.29, 1.82) is 0 Å². The number of nitrogens with one attached hydrogen (secondary N) is 1. The van der Waals surface area contributed by atoms with Crippen LogP contribution in [0.25, 0.3) is 0 Å². The molecule has 0 atom stereocenters. The Morgan fingerprint density at radius 1 is 1.37 bits per heavy atom. The Morgan fingerprint density at radius 2 is 2.16 bits per heavy atom. The molecule has 98 valence electrons. The van der Waals surface area contributed by atoms with Crippen molar-refractivity contribution < 1.29 is 9.18 Å². The lowest BCUT2D eigenvalue weighted by Crippen LogP contribution is -2.15. The highest BCUT2D eigenvalue weighted by molar-refractivity contribution is 7.99. The Balaban J connectivity index is 1.90. The predicted molar refractivity (Wildman–Crippen MR) is 72.5 cm³/mol. The number of benzene rings is 1. The van der Waals surface area contributed by atoms with Gasteiger partial charge in [-0.2, -0.15) is 0 Å². The number of amides is 1. The molecule has 1 aromatic heterocycles. The van der Waals surface area contributed by atoms with Crippen LogP contribution in [-0.2, 0) is 4.79 Å². The van der Waals surface area contributed by atoms with Gasteiger partial charge in [0.05, 0.1) is 11.4 Å². The van der Waals surface area contributed by atoms with Crippen LogP contribution in [0.2, 0.25) is 0 Å². The molecule has 1 aromatic carbocycles. The number of carbonyl (C=O) groups excluding carboxylic acids is 1. The van der Waals surface area contributed by atoms with E-state index in [1.807, 2.05) is 6.92 Å². The number of nitrogens with zero attached hydrogens (tertiary/aromatic N) is 2. The summed E-state index contributed by atoms with van der Waals surface area (Å²) < 4.78 is 13.3. The maximum Gasteiger partial charge on any atom is 0.234 e. The molecule has 1 amide bonds. The van der Waals surface area contributed by atoms with E-state index >= 15 is 0 Å². The molecule has 1 N–H and O–H groups in total. The summed E-state index contributed by atoms with van der Waals surface area (Å²) in [6.07, 6.45) is 1.45. The fourth-order valence-corrected chi connectivity index (χ4v) is 2.12. The van der Waals surface area contributed by atoms with Gasteiger partial charge in [-0.25, -0.2) is 14.4 Å². The second kappa shape index (κ2) is 6.29. The van der Waals surface area contributed by atoms with Crippen LogP contribution in [-0.4, -0.2) is 21.6 Å². The summed E-state index contributed by atoms with van der Waals surface area (Å²) in [4.78, 5) is 19.7. The van der Waals surface area contributed by atoms with E-state index in [-0.39, 0.29) is 17.3 Å². The highest BCUT2D eigenvalue weighted by atomic mass is 32.2. The van der Waals surface area contributed by atoms with Crippen molar-refractivity contribution in [3.63, 3.8) is 0 Å². The number of aromatic nitrogens is 2. The maximum atomic E-state index is 13.3. The van der Waals surface area contributed by atoms with Crippen LogP contribution in [0.15, 0.2) is 41.7 Å². The molecule has 0 unspecified atom stereocenters. The molecule has 0 spiro atoms. The van der Waals surface area contributed by atoms with E-state index in [9.17, 15) is 9.18 Å². The highest BCUT2D eigenvalue weighted by Crippen LogP contribution is 2.17. The number of halogens is 1. The first kappa shape index (κ1) is 13.5. The van der Waals surface area contributed by atoms with Crippen molar-refractivity contribution in [3.8, 4) is 0 Å². The molecule has 19 heavy (non-hydrogen) atoms. The van der Waals surface area contributed by atoms with Crippen molar-refractivity contribution >= 4 is 23.4 Å². The summed E-state index contributed by atoms with van der Waals surface area (Å²) in [5.74, 6) is -0.546. The second-order valence-electron chi connectivity index (χ2n) is 3.81. The van der Waals surface area contributed by atoms with Crippen molar-refractivity contribution in [2.75, 3.05) is 11.1 Å². The van der Waals surface area contributed by atoms with E-state index in [0.29, 0.717) is 0 Å². The third kappa shape index (κ3) is 4.03. The molecular weight excluding hydrogens is 265 g/mol. The van der Waals surface area contributed by atoms with Gasteiger partial charge in [-0.05, 0) is 25.1 Å². The smallest absolute Gasteiger partial charge is 0.234 e. The number of hydrogen-bond acceptors (Lipinski definition) is 4. The van der Waals surface area contributed by atoms with Gasteiger partial charge >= 0.3 is 0 Å². The number of para-hydroxylation sites is 1. The maximum absolute atomic E-state index is 13.3. The summed E-state index contributed by atoms with van der Waals surface area (Å²) in [6, 6.07) is 7.85. The minimum Gasteiger partial charge on any atom is -0.323 e. The number of carbonyl (C=O) groups is 1. The summed E-state index contributed by atoms with van der Waals surface area (Å²) in [5, 5.41) is 3.24. The quantitative estimate of drug-likeness (QED) is 0.689. The summed E-state index contributed by atoms with van der Waals surface area (Å²) in [6.45, 7) is 1.85. The summed E-state index contributed by atoms with van der Waals surface area (Å²) >= 11 is 1.28. The molecule has 6 heteroatoms. The van der Waals surface area contributed by atoms with E-state index in [4.69, 9.17) is 0 Å². The second-order valence-corrected chi connectivity index (χ2v) is 4.81. The molecule has 0 bridgehead atoms. The summed E-state index contributed by atoms with van der Waals surface area (Å²) in [5.41, 5.74) is 1.03. The monoisotopic (exact) mass is 277 g/mol. The number of rotatable bonds is 4. The average molecular weight is 277 g/mol. The molecule has 0 fully saturated rings. The first-order chi connectivity index (χ1) is 9.15. The molecule has 0 saturated heterocycles. The first-order valence-corrected chi connectivity index (χ1v) is 6.59. The standard InChI is InChI=1S/C13H12FN3OS/c1-9-6-13(16-8-15-9)19-7-12(18)17-11-5-3-2-4-10(11)14/h2-6,8H,7H2,1H3,(H,17,18). The van der Waals surface area contributed by atoms with Crippen LogP contribution in [0.1, 0.15) is 5.69 Å². The average Bonchev–Trinajstić information content (AvgIpc) is 2.39. The van der Waals surface area contributed by atoms with Gasteiger partial charge in [0.2, 0.25) is 5.91 Å². The van der Waals surface area contributed by atoms with E-state index in [1.54, 1.807) is 18.2 Å². The normalized spacial score (nSPS) is 10.2. The van der Waals surface area contributed by atoms with E-state index < -0.39 is 5.82 Å². The third-order valence-corrected chi connectivity index (χ3v) is 3.20. The van der Waals surface area contributed by atoms with Crippen LogP contribution in [0.5, 0.6) is 0 Å². The van der Waals surface area contributed by atoms with E-state index in [0.717, 1.165) is 10.7 Å². The minimum atomic E-state index is -0.446. The predicted octanol–water partition coefficient (Wildman–Crippen LogP) is 2.65. The van der Waals surface area contributed by atoms with Gasteiger partial charge in [-0.3, -0.25) is 4.79 Å². The number of hydrogen-bond donors (Lipinski definition) is 1. The molecule has 0 radical (unpaired) electrons. The Bertz CT molecular complexity index is 592. The highest BCUT2D eigenvalue weighted by Gasteiger charge is 2.07. The van der Waals surface area contributed by atoms with Crippen molar-refractivity contribution in [3.05, 3.63) is 48.2 Å². The first-order valence-electron chi connectivity index (χ1n) is 5.61. The Labute approximate surface area is 114 Å². The molecule has 0 aliphatic heterocycles. The van der Waals surface area contributed by atoms with Crippen LogP contribution in [0.3, 0.4) is 0 Å². The van der Waals surface area contributed by atoms with Crippen molar-refractivity contribution in [2.24, 2.45) is 0 Å². The molecule has 4 nitrogen and oxygen atoms in total. The molecular formula is C13H12FN3OS. The van der Waals surface area contributed by atoms with E-state index in [2.05, 4.69) is 15.3 Å². The summed E-state index contributed by atoms with van der Waals surface area (Å²) in [7, 11) is 0. The van der Waals surface area contributed by atoms with Gasteiger partial charge in [0, 0.05) is 5.69 Å². The molecule has 1 heterocycles. The molecule has 0 saturated carbocycles. The zero-order valence-electron chi connectivity index (χ0n) is 10.3. The Hall–Kier alpha value is -1.95. The minimum absolute atomic E-state index is 0.171. The lowest BCUT2D eigenvalue weighted by molar-refractivity contribution is -0.113. The van der Waals surface area contributed by atoms with Gasteiger partial charge in [0.15, 0.2) is 0 Å². The van der Waals surface area contributed by atoms with Gasteiger partial charge in [-0.15, -0.1) is 0 Å². The van der Waals surface area contributed by atoms with Crippen LogP contribution < -0.4 is 5.32 Å². The third-order valence-electron chi connectivity index (χ3n) is 2.28. The topological polar surface area (TPSA) is 54.9 Å². The van der Waals surface area contributed by atoms with Crippen LogP contribution in [0.4, 0.5) is 10.1 Å². The number of anilines is 1. The number of thioether (sulfide) groups is 1. The van der Waals surface area contributed by atoms with Crippen molar-refractivity contribution in [2.45, 2.75) is 11.9 Å². The van der Waals surface area contributed by atoms with Gasteiger partial charge in [-0.1, -0.05) is 23.9 Å². The van der Waals surface area contributed by atoms with Crippen LogP contribution in [0, 0.1) is 12.7 Å². The fraction of sp³-hybridized carbons (Fsp3) is 0.154. The zero-order chi connectivity index (χ0) is 13.7.